The molecule has 11 aromatic rings. The molecule has 4 heterocycles. The number of aliphatic imine (C=N–C) groups is 2. The molecule has 1 unspecified atom stereocenters. The zero-order chi connectivity index (χ0) is 37.5. The van der Waals surface area contributed by atoms with Crippen LogP contribution in [0.5, 0.6) is 0 Å². The minimum atomic E-state index is -0.283. The first kappa shape index (κ1) is 31.6. The number of furan rings is 2. The number of fused-ring (bicyclic) bond motifs is 9. The highest BCUT2D eigenvalue weighted by Crippen LogP contribution is 2.40. The van der Waals surface area contributed by atoms with Gasteiger partial charge in [0, 0.05) is 55.2 Å². The summed E-state index contributed by atoms with van der Waals surface area (Å²) in [6.07, 6.45) is -0.283. The van der Waals surface area contributed by atoms with Crippen LogP contribution in [0.1, 0.15) is 22.9 Å². The molecular weight excluding hydrogens is 701 g/mol. The van der Waals surface area contributed by atoms with E-state index in [4.69, 9.17) is 18.8 Å². The van der Waals surface area contributed by atoms with E-state index in [0.29, 0.717) is 5.84 Å². The minimum absolute atomic E-state index is 0.283. The van der Waals surface area contributed by atoms with Gasteiger partial charge in [0.25, 0.3) is 0 Å². The Bertz CT molecular complexity index is 3390. The fraction of sp³-hybridized carbons (Fsp3) is 0.0196. The van der Waals surface area contributed by atoms with Crippen LogP contribution < -0.4 is 5.32 Å². The highest BCUT2D eigenvalue weighted by Gasteiger charge is 2.23. The van der Waals surface area contributed by atoms with Crippen molar-refractivity contribution in [3.8, 4) is 16.8 Å². The summed E-state index contributed by atoms with van der Waals surface area (Å²) >= 11 is 0. The van der Waals surface area contributed by atoms with Gasteiger partial charge >= 0.3 is 0 Å². The van der Waals surface area contributed by atoms with Gasteiger partial charge in [-0.15, -0.1) is 0 Å². The normalized spacial score (nSPS) is 14.5. The molecule has 0 amide bonds. The molecule has 6 heteroatoms. The Balaban J connectivity index is 0.967. The standard InChI is InChI=1S/C51H32N4O2/c1-3-12-31(13-4-1)49-52-50(32-14-5-2-6-15-32)54-51(53-49)34-23-27-44-41(28-34)48-36(18-11-21-45(48)56-44)33-22-25-39-40-26-24-35(30-47(40)57-46(39)29-33)55-42-19-9-7-16-37(42)38-17-8-10-20-43(38)55/h1-30,49H,(H,52,53,54). The molecule has 6 nitrogen and oxygen atoms in total. The number of nitrogens with zero attached hydrogens (tertiary/aromatic N) is 3. The van der Waals surface area contributed by atoms with Crippen molar-refractivity contribution in [2.45, 2.75) is 6.17 Å². The Morgan fingerprint density at radius 2 is 1.12 bits per heavy atom. The molecule has 0 fully saturated rings. The summed E-state index contributed by atoms with van der Waals surface area (Å²) in [5.74, 6) is 1.45. The average molecular weight is 733 g/mol. The molecule has 1 aliphatic rings. The molecule has 1 atom stereocenters. The van der Waals surface area contributed by atoms with E-state index >= 15 is 0 Å². The molecule has 8 aromatic carbocycles. The Hall–Kier alpha value is -7.70. The van der Waals surface area contributed by atoms with Crippen LogP contribution in [-0.2, 0) is 0 Å². The second-order valence-electron chi connectivity index (χ2n) is 14.6. The zero-order valence-corrected chi connectivity index (χ0v) is 30.6. The van der Waals surface area contributed by atoms with Gasteiger partial charge in [0.2, 0.25) is 0 Å². The van der Waals surface area contributed by atoms with Gasteiger partial charge in [0.15, 0.2) is 5.84 Å². The van der Waals surface area contributed by atoms with Gasteiger partial charge in [-0.25, -0.2) is 9.98 Å². The van der Waals surface area contributed by atoms with Crippen LogP contribution in [0.15, 0.2) is 201 Å². The summed E-state index contributed by atoms with van der Waals surface area (Å²) in [6.45, 7) is 0. The van der Waals surface area contributed by atoms with Crippen LogP contribution in [0.2, 0.25) is 0 Å². The van der Waals surface area contributed by atoms with Gasteiger partial charge in [0.1, 0.15) is 34.3 Å². The molecule has 3 aromatic heterocycles. The molecule has 268 valence electrons. The topological polar surface area (TPSA) is 68.0 Å². The van der Waals surface area contributed by atoms with Crippen LogP contribution >= 0.6 is 0 Å². The molecule has 1 N–H and O–H groups in total. The van der Waals surface area contributed by atoms with Crippen molar-refractivity contribution in [3.63, 3.8) is 0 Å². The van der Waals surface area contributed by atoms with Crippen LogP contribution in [-0.4, -0.2) is 16.2 Å². The van der Waals surface area contributed by atoms with Crippen LogP contribution in [0, 0.1) is 0 Å². The van der Waals surface area contributed by atoms with Gasteiger partial charge in [0.05, 0.1) is 11.0 Å². The van der Waals surface area contributed by atoms with E-state index in [-0.39, 0.29) is 6.17 Å². The Morgan fingerprint density at radius 3 is 1.91 bits per heavy atom. The van der Waals surface area contributed by atoms with Crippen molar-refractivity contribution in [1.29, 1.82) is 0 Å². The first-order chi connectivity index (χ1) is 28.2. The smallest absolute Gasteiger partial charge is 0.159 e. The number of aromatic nitrogens is 1. The molecule has 0 aliphatic carbocycles. The summed E-state index contributed by atoms with van der Waals surface area (Å²) in [5.41, 5.74) is 11.9. The van der Waals surface area contributed by atoms with Crippen molar-refractivity contribution < 1.29 is 8.83 Å². The quantitative estimate of drug-likeness (QED) is 0.192. The van der Waals surface area contributed by atoms with Gasteiger partial charge in [-0.3, -0.25) is 0 Å². The lowest BCUT2D eigenvalue weighted by molar-refractivity contribution is 0.668. The first-order valence-corrected chi connectivity index (χ1v) is 19.2. The van der Waals surface area contributed by atoms with Crippen molar-refractivity contribution in [2.75, 3.05) is 0 Å². The number of hydrogen-bond acceptors (Lipinski definition) is 5. The predicted octanol–water partition coefficient (Wildman–Crippen LogP) is 12.7. The summed E-state index contributed by atoms with van der Waals surface area (Å²) in [5, 5.41) is 10.3. The van der Waals surface area contributed by atoms with Crippen molar-refractivity contribution in [1.82, 2.24) is 9.88 Å². The molecule has 0 saturated heterocycles. The lowest BCUT2D eigenvalue weighted by Crippen LogP contribution is -2.33. The maximum atomic E-state index is 6.68. The second-order valence-corrected chi connectivity index (χ2v) is 14.6. The number of benzene rings is 8. The summed E-state index contributed by atoms with van der Waals surface area (Å²) in [4.78, 5) is 10.1. The van der Waals surface area contributed by atoms with Crippen molar-refractivity contribution >= 4 is 77.4 Å². The lowest BCUT2D eigenvalue weighted by Gasteiger charge is -2.23. The molecule has 0 spiro atoms. The SMILES string of the molecule is c1ccc(C2=NC(c3ccccc3)NC(c3ccc4oc5cccc(-c6ccc7c(c6)oc6cc(-n8c9ccccc9c9ccccc98)ccc67)c5c4c3)=N2)cc1. The van der Waals surface area contributed by atoms with Gasteiger partial charge in [-0.2, -0.15) is 0 Å². The van der Waals surface area contributed by atoms with E-state index in [0.717, 1.165) is 83.2 Å². The molecule has 0 bridgehead atoms. The van der Waals surface area contributed by atoms with E-state index in [1.165, 1.54) is 21.8 Å². The first-order valence-electron chi connectivity index (χ1n) is 19.2. The highest BCUT2D eigenvalue weighted by atomic mass is 16.3. The summed E-state index contributed by atoms with van der Waals surface area (Å²) in [6, 6.07) is 63.2. The average Bonchev–Trinajstić information content (AvgIpc) is 3.95. The maximum absolute atomic E-state index is 6.68. The monoisotopic (exact) mass is 732 g/mol. The van der Waals surface area contributed by atoms with E-state index in [9.17, 15) is 0 Å². The zero-order valence-electron chi connectivity index (χ0n) is 30.6. The molecule has 57 heavy (non-hydrogen) atoms. The largest absolute Gasteiger partial charge is 0.456 e. The molecule has 12 rings (SSSR count). The Kier molecular flexibility index (Phi) is 6.89. The second kappa shape index (κ2) is 12.4. The van der Waals surface area contributed by atoms with Crippen LogP contribution in [0.25, 0.3) is 82.5 Å². The minimum Gasteiger partial charge on any atom is -0.456 e. The van der Waals surface area contributed by atoms with E-state index in [1.54, 1.807) is 0 Å². The fourth-order valence-corrected chi connectivity index (χ4v) is 8.61. The third-order valence-electron chi connectivity index (χ3n) is 11.3. The summed E-state index contributed by atoms with van der Waals surface area (Å²) in [7, 11) is 0. The predicted molar refractivity (Wildman–Crippen MR) is 233 cm³/mol. The molecular formula is C51H32N4O2. The van der Waals surface area contributed by atoms with Crippen LogP contribution in [0.4, 0.5) is 0 Å². The molecule has 1 aliphatic heterocycles. The van der Waals surface area contributed by atoms with Gasteiger partial charge in [-0.1, -0.05) is 115 Å². The van der Waals surface area contributed by atoms with Crippen LogP contribution in [0.3, 0.4) is 0 Å². The van der Waals surface area contributed by atoms with Gasteiger partial charge in [-0.05, 0) is 77.4 Å². The van der Waals surface area contributed by atoms with E-state index in [2.05, 4.69) is 143 Å². The van der Waals surface area contributed by atoms with Gasteiger partial charge < -0.3 is 18.7 Å². The third kappa shape index (κ3) is 5.04. The maximum Gasteiger partial charge on any atom is 0.159 e. The number of nitrogens with one attached hydrogen (secondary N) is 1. The van der Waals surface area contributed by atoms with Crippen molar-refractivity contribution in [3.05, 3.63) is 199 Å². The Labute approximate surface area is 326 Å². The highest BCUT2D eigenvalue weighted by molar-refractivity contribution is 6.18. The molecule has 0 radical (unpaired) electrons. The summed E-state index contributed by atoms with van der Waals surface area (Å²) < 4.78 is 15.5. The molecule has 0 saturated carbocycles. The number of para-hydroxylation sites is 2. The van der Waals surface area contributed by atoms with E-state index < -0.39 is 0 Å². The fourth-order valence-electron chi connectivity index (χ4n) is 8.61. The van der Waals surface area contributed by atoms with E-state index in [1.807, 2.05) is 48.5 Å². The number of amidine groups is 2. The lowest BCUT2D eigenvalue weighted by atomic mass is 9.97. The Morgan fingerprint density at radius 1 is 0.456 bits per heavy atom. The third-order valence-corrected chi connectivity index (χ3v) is 11.3. The number of hydrogen-bond donors (Lipinski definition) is 1. The number of rotatable bonds is 5. The van der Waals surface area contributed by atoms with Crippen molar-refractivity contribution in [2.24, 2.45) is 9.98 Å².